The van der Waals surface area contributed by atoms with Crippen molar-refractivity contribution in [2.45, 2.75) is 13.8 Å². The molecule has 0 amide bonds. The summed E-state index contributed by atoms with van der Waals surface area (Å²) in [6.45, 7) is 8.04. The highest BCUT2D eigenvalue weighted by Gasteiger charge is 2.03. The van der Waals surface area contributed by atoms with Crippen molar-refractivity contribution in [1.29, 1.82) is 0 Å². The van der Waals surface area contributed by atoms with Crippen LogP contribution in [-0.2, 0) is 9.47 Å². The molecule has 0 rings (SSSR count). The molecule has 0 heterocycles. The average Bonchev–Trinajstić information content (AvgIpc) is 2.05. The fourth-order valence-corrected chi connectivity index (χ4v) is 1.26. The van der Waals surface area contributed by atoms with Crippen LogP contribution in [0.3, 0.4) is 0 Å². The molecule has 0 saturated carbocycles. The van der Waals surface area contributed by atoms with E-state index in [2.05, 4.69) is 19.2 Å². The lowest BCUT2D eigenvalue weighted by atomic mass is 10.1. The molecule has 13 heavy (non-hydrogen) atoms. The maximum absolute atomic E-state index is 5.04. The number of ether oxygens (including phenoxy) is 2. The molecule has 1 N–H and O–H groups in total. The maximum atomic E-state index is 5.04. The van der Waals surface area contributed by atoms with Gasteiger partial charge < -0.3 is 14.8 Å². The Morgan fingerprint density at radius 2 is 1.31 bits per heavy atom. The third kappa shape index (κ3) is 8.22. The highest BCUT2D eigenvalue weighted by atomic mass is 16.5. The van der Waals surface area contributed by atoms with E-state index in [9.17, 15) is 0 Å². The minimum Gasteiger partial charge on any atom is -0.384 e. The lowest BCUT2D eigenvalue weighted by Gasteiger charge is -2.14. The van der Waals surface area contributed by atoms with Gasteiger partial charge in [0.25, 0.3) is 0 Å². The molecule has 0 aliphatic carbocycles. The van der Waals surface area contributed by atoms with Gasteiger partial charge in [-0.3, -0.25) is 0 Å². The van der Waals surface area contributed by atoms with Crippen LogP contribution in [0.1, 0.15) is 13.8 Å². The predicted molar refractivity (Wildman–Crippen MR) is 54.9 cm³/mol. The summed E-state index contributed by atoms with van der Waals surface area (Å²) in [4.78, 5) is 0. The molecule has 0 aliphatic rings. The van der Waals surface area contributed by atoms with Gasteiger partial charge in [-0.1, -0.05) is 13.8 Å². The summed E-state index contributed by atoms with van der Waals surface area (Å²) in [5, 5.41) is 3.39. The van der Waals surface area contributed by atoms with Crippen LogP contribution in [0.25, 0.3) is 0 Å². The fourth-order valence-electron chi connectivity index (χ4n) is 1.26. The SMILES string of the molecule is COCC(C)CNCC(C)COC. The molecule has 0 bridgehead atoms. The Morgan fingerprint density at radius 3 is 1.62 bits per heavy atom. The Morgan fingerprint density at radius 1 is 0.923 bits per heavy atom. The molecule has 3 heteroatoms. The lowest BCUT2D eigenvalue weighted by Crippen LogP contribution is -2.29. The predicted octanol–water partition coefficient (Wildman–Crippen LogP) is 1.14. The second-order valence-corrected chi connectivity index (χ2v) is 3.78. The topological polar surface area (TPSA) is 30.5 Å². The number of rotatable bonds is 8. The van der Waals surface area contributed by atoms with E-state index in [1.807, 2.05) is 0 Å². The smallest absolute Gasteiger partial charge is 0.0499 e. The summed E-state index contributed by atoms with van der Waals surface area (Å²) in [6, 6.07) is 0. The first kappa shape index (κ1) is 12.9. The van der Waals surface area contributed by atoms with Crippen molar-refractivity contribution in [1.82, 2.24) is 5.32 Å². The minimum absolute atomic E-state index is 0.583. The summed E-state index contributed by atoms with van der Waals surface area (Å²) in [5.41, 5.74) is 0. The van der Waals surface area contributed by atoms with Crippen molar-refractivity contribution in [3.8, 4) is 0 Å². The molecule has 3 nitrogen and oxygen atoms in total. The maximum Gasteiger partial charge on any atom is 0.0499 e. The standard InChI is InChI=1S/C10H23NO2/c1-9(7-12-3)5-11-6-10(2)8-13-4/h9-11H,5-8H2,1-4H3. The molecule has 0 aromatic rings. The molecule has 0 aromatic carbocycles. The second kappa shape index (κ2) is 8.48. The van der Waals surface area contributed by atoms with Crippen molar-refractivity contribution in [2.75, 3.05) is 40.5 Å². The number of nitrogens with one attached hydrogen (secondary N) is 1. The Labute approximate surface area is 81.8 Å². The van der Waals surface area contributed by atoms with Crippen LogP contribution in [-0.4, -0.2) is 40.5 Å². The van der Waals surface area contributed by atoms with Gasteiger partial charge in [-0.2, -0.15) is 0 Å². The van der Waals surface area contributed by atoms with Gasteiger partial charge >= 0.3 is 0 Å². The Bertz CT molecular complexity index is 97.1. The van der Waals surface area contributed by atoms with Crippen LogP contribution in [0, 0.1) is 11.8 Å². The van der Waals surface area contributed by atoms with Gasteiger partial charge in [-0.15, -0.1) is 0 Å². The van der Waals surface area contributed by atoms with Crippen molar-refractivity contribution in [2.24, 2.45) is 11.8 Å². The quantitative estimate of drug-likeness (QED) is 0.621. The third-order valence-corrected chi connectivity index (χ3v) is 1.89. The van der Waals surface area contributed by atoms with E-state index in [4.69, 9.17) is 9.47 Å². The average molecular weight is 189 g/mol. The fraction of sp³-hybridized carbons (Fsp3) is 1.00. The molecule has 0 aromatic heterocycles. The summed E-state index contributed by atoms with van der Waals surface area (Å²) in [5.74, 6) is 1.17. The van der Waals surface area contributed by atoms with Gasteiger partial charge in [0.2, 0.25) is 0 Å². The molecule has 0 spiro atoms. The first-order chi connectivity index (χ1) is 6.20. The largest absolute Gasteiger partial charge is 0.384 e. The van der Waals surface area contributed by atoms with E-state index in [0.717, 1.165) is 26.3 Å². The van der Waals surface area contributed by atoms with E-state index >= 15 is 0 Å². The molecular weight excluding hydrogens is 166 g/mol. The molecule has 0 radical (unpaired) electrons. The van der Waals surface area contributed by atoms with Crippen molar-refractivity contribution >= 4 is 0 Å². The summed E-state index contributed by atoms with van der Waals surface area (Å²) < 4.78 is 10.1. The molecule has 0 fully saturated rings. The molecule has 2 unspecified atom stereocenters. The van der Waals surface area contributed by atoms with Crippen LogP contribution < -0.4 is 5.32 Å². The Kier molecular flexibility index (Phi) is 8.40. The van der Waals surface area contributed by atoms with E-state index in [1.54, 1.807) is 14.2 Å². The minimum atomic E-state index is 0.583. The normalized spacial score (nSPS) is 15.7. The zero-order chi connectivity index (χ0) is 10.1. The number of hydrogen-bond acceptors (Lipinski definition) is 3. The van der Waals surface area contributed by atoms with Crippen molar-refractivity contribution in [3.05, 3.63) is 0 Å². The summed E-state index contributed by atoms with van der Waals surface area (Å²) in [6.07, 6.45) is 0. The summed E-state index contributed by atoms with van der Waals surface area (Å²) in [7, 11) is 3.48. The molecule has 2 atom stereocenters. The van der Waals surface area contributed by atoms with Crippen LogP contribution in [0.2, 0.25) is 0 Å². The Hall–Kier alpha value is -0.120. The van der Waals surface area contributed by atoms with Gasteiger partial charge in [0.15, 0.2) is 0 Å². The van der Waals surface area contributed by atoms with Gasteiger partial charge in [-0.25, -0.2) is 0 Å². The molecule has 0 saturated heterocycles. The third-order valence-electron chi connectivity index (χ3n) is 1.89. The van der Waals surface area contributed by atoms with Gasteiger partial charge in [0.1, 0.15) is 0 Å². The monoisotopic (exact) mass is 189 g/mol. The van der Waals surface area contributed by atoms with Crippen LogP contribution >= 0.6 is 0 Å². The zero-order valence-electron chi connectivity index (χ0n) is 9.30. The van der Waals surface area contributed by atoms with Gasteiger partial charge in [0.05, 0.1) is 0 Å². The van der Waals surface area contributed by atoms with Crippen LogP contribution in [0.4, 0.5) is 0 Å². The molecular formula is C10H23NO2. The highest BCUT2D eigenvalue weighted by Crippen LogP contribution is 1.95. The second-order valence-electron chi connectivity index (χ2n) is 3.78. The van der Waals surface area contributed by atoms with Crippen LogP contribution in [0.15, 0.2) is 0 Å². The Balaban J connectivity index is 3.23. The number of methoxy groups -OCH3 is 2. The van der Waals surface area contributed by atoms with Gasteiger partial charge in [0, 0.05) is 27.4 Å². The highest BCUT2D eigenvalue weighted by molar-refractivity contribution is 4.59. The van der Waals surface area contributed by atoms with E-state index in [0.29, 0.717) is 11.8 Å². The van der Waals surface area contributed by atoms with Crippen LogP contribution in [0.5, 0.6) is 0 Å². The number of hydrogen-bond donors (Lipinski definition) is 1. The first-order valence-electron chi connectivity index (χ1n) is 4.89. The van der Waals surface area contributed by atoms with Crippen molar-refractivity contribution < 1.29 is 9.47 Å². The molecule has 80 valence electrons. The molecule has 0 aliphatic heterocycles. The lowest BCUT2D eigenvalue weighted by molar-refractivity contribution is 0.147. The summed E-state index contributed by atoms with van der Waals surface area (Å²) >= 11 is 0. The van der Waals surface area contributed by atoms with E-state index in [1.165, 1.54) is 0 Å². The van der Waals surface area contributed by atoms with E-state index in [-0.39, 0.29) is 0 Å². The van der Waals surface area contributed by atoms with Gasteiger partial charge in [-0.05, 0) is 24.9 Å². The zero-order valence-corrected chi connectivity index (χ0v) is 9.30. The first-order valence-corrected chi connectivity index (χ1v) is 4.89. The van der Waals surface area contributed by atoms with Crippen molar-refractivity contribution in [3.63, 3.8) is 0 Å². The van der Waals surface area contributed by atoms with E-state index < -0.39 is 0 Å².